The van der Waals surface area contributed by atoms with Crippen LogP contribution in [0.2, 0.25) is 5.02 Å². The van der Waals surface area contributed by atoms with Crippen LogP contribution in [0.5, 0.6) is 5.75 Å². The maximum Gasteiger partial charge on any atom is 0.346 e. The Labute approximate surface area is 113 Å². The van der Waals surface area contributed by atoms with E-state index in [1.807, 2.05) is 0 Å². The second kappa shape index (κ2) is 6.14. The Kier molecular flexibility index (Phi) is 4.82. The molecule has 0 aromatic heterocycles. The Morgan fingerprint density at radius 3 is 2.63 bits per heavy atom. The topological polar surface area (TPSA) is 95.7 Å². The summed E-state index contributed by atoms with van der Waals surface area (Å²) in [6, 6.07) is 2.09. The molecule has 0 fully saturated rings. The number of esters is 1. The molecular formula is C11H10ClNO6. The van der Waals surface area contributed by atoms with Crippen LogP contribution in [0.25, 0.3) is 0 Å². The SMILES string of the molecule is COC(=O)C(C)Oc1cc(Cl)c(C=O)cc1[N+](=O)[O-]. The van der Waals surface area contributed by atoms with E-state index in [2.05, 4.69) is 4.74 Å². The van der Waals surface area contributed by atoms with E-state index in [9.17, 15) is 19.7 Å². The Hall–Kier alpha value is -2.15. The number of hydrogen-bond acceptors (Lipinski definition) is 6. The van der Waals surface area contributed by atoms with Crippen molar-refractivity contribution in [2.75, 3.05) is 7.11 Å². The molecule has 19 heavy (non-hydrogen) atoms. The Morgan fingerprint density at radius 1 is 1.53 bits per heavy atom. The summed E-state index contributed by atoms with van der Waals surface area (Å²) >= 11 is 5.75. The van der Waals surface area contributed by atoms with Gasteiger partial charge in [0.15, 0.2) is 18.1 Å². The highest BCUT2D eigenvalue weighted by molar-refractivity contribution is 6.33. The highest BCUT2D eigenvalue weighted by Gasteiger charge is 2.23. The van der Waals surface area contributed by atoms with Crippen LogP contribution >= 0.6 is 11.6 Å². The number of hydrogen-bond donors (Lipinski definition) is 0. The fourth-order valence-electron chi connectivity index (χ4n) is 1.29. The molecule has 1 atom stereocenters. The van der Waals surface area contributed by atoms with Gasteiger partial charge in [0.25, 0.3) is 0 Å². The standard InChI is InChI=1S/C11H10ClNO6/c1-6(11(15)18-2)19-10-4-8(12)7(5-14)3-9(10)13(16)17/h3-6H,1-2H3. The van der Waals surface area contributed by atoms with E-state index in [4.69, 9.17) is 16.3 Å². The number of nitro groups is 1. The molecule has 0 amide bonds. The quantitative estimate of drug-likeness (QED) is 0.356. The van der Waals surface area contributed by atoms with Crippen LogP contribution in [-0.4, -0.2) is 30.4 Å². The maximum atomic E-state index is 11.2. The summed E-state index contributed by atoms with van der Waals surface area (Å²) in [5, 5.41) is 10.9. The van der Waals surface area contributed by atoms with Crippen molar-refractivity contribution in [1.29, 1.82) is 0 Å². The van der Waals surface area contributed by atoms with E-state index in [-0.39, 0.29) is 16.3 Å². The largest absolute Gasteiger partial charge is 0.472 e. The predicted octanol–water partition coefficient (Wildman–Crippen LogP) is 2.00. The third-order valence-corrected chi connectivity index (χ3v) is 2.57. The zero-order valence-corrected chi connectivity index (χ0v) is 10.8. The van der Waals surface area contributed by atoms with E-state index < -0.39 is 22.7 Å². The van der Waals surface area contributed by atoms with Gasteiger partial charge in [0.05, 0.1) is 17.1 Å². The van der Waals surface area contributed by atoms with Crippen molar-refractivity contribution in [3.63, 3.8) is 0 Å². The first-order valence-electron chi connectivity index (χ1n) is 5.08. The molecule has 1 rings (SSSR count). The summed E-state index contributed by atoms with van der Waals surface area (Å²) in [5.41, 5.74) is -0.492. The summed E-state index contributed by atoms with van der Waals surface area (Å²) in [5.74, 6) is -0.900. The van der Waals surface area contributed by atoms with Gasteiger partial charge in [-0.2, -0.15) is 0 Å². The van der Waals surface area contributed by atoms with E-state index in [1.165, 1.54) is 14.0 Å². The molecule has 1 aromatic carbocycles. The van der Waals surface area contributed by atoms with Crippen LogP contribution < -0.4 is 4.74 Å². The normalized spacial score (nSPS) is 11.5. The van der Waals surface area contributed by atoms with Gasteiger partial charge in [-0.3, -0.25) is 14.9 Å². The number of ether oxygens (including phenoxy) is 2. The highest BCUT2D eigenvalue weighted by atomic mass is 35.5. The molecule has 0 N–H and O–H groups in total. The Bertz CT molecular complexity index is 530. The number of carbonyl (C=O) groups excluding carboxylic acids is 2. The second-order valence-electron chi connectivity index (χ2n) is 3.50. The number of carbonyl (C=O) groups is 2. The molecule has 102 valence electrons. The van der Waals surface area contributed by atoms with Crippen molar-refractivity contribution in [3.8, 4) is 5.75 Å². The van der Waals surface area contributed by atoms with Crippen LogP contribution in [0.1, 0.15) is 17.3 Å². The number of halogens is 1. The van der Waals surface area contributed by atoms with Gasteiger partial charge in [0, 0.05) is 17.7 Å². The first kappa shape index (κ1) is 14.9. The zero-order valence-electron chi connectivity index (χ0n) is 10.1. The first-order valence-corrected chi connectivity index (χ1v) is 5.46. The average molecular weight is 288 g/mol. The van der Waals surface area contributed by atoms with Gasteiger partial charge in [0.1, 0.15) is 0 Å². The molecule has 1 aromatic rings. The molecule has 0 aliphatic heterocycles. The highest BCUT2D eigenvalue weighted by Crippen LogP contribution is 2.33. The summed E-state index contributed by atoms with van der Waals surface area (Å²) in [6.07, 6.45) is -0.648. The molecule has 0 saturated carbocycles. The Morgan fingerprint density at radius 2 is 2.16 bits per heavy atom. The fraction of sp³-hybridized carbons (Fsp3) is 0.273. The van der Waals surface area contributed by atoms with E-state index in [1.54, 1.807) is 0 Å². The van der Waals surface area contributed by atoms with Gasteiger partial charge < -0.3 is 9.47 Å². The number of benzene rings is 1. The molecule has 0 radical (unpaired) electrons. The number of nitrogens with zero attached hydrogens (tertiary/aromatic N) is 1. The first-order chi connectivity index (χ1) is 8.90. The monoisotopic (exact) mass is 287 g/mol. The lowest BCUT2D eigenvalue weighted by molar-refractivity contribution is -0.386. The minimum Gasteiger partial charge on any atom is -0.472 e. The lowest BCUT2D eigenvalue weighted by Gasteiger charge is -2.13. The van der Waals surface area contributed by atoms with Crippen molar-refractivity contribution in [3.05, 3.63) is 32.8 Å². The smallest absolute Gasteiger partial charge is 0.346 e. The van der Waals surface area contributed by atoms with Gasteiger partial charge in [-0.15, -0.1) is 0 Å². The van der Waals surface area contributed by atoms with Crippen molar-refractivity contribution in [1.82, 2.24) is 0 Å². The van der Waals surface area contributed by atoms with E-state index >= 15 is 0 Å². The van der Waals surface area contributed by atoms with Crippen LogP contribution in [0, 0.1) is 10.1 Å². The fourth-order valence-corrected chi connectivity index (χ4v) is 1.49. The number of aldehydes is 1. The number of rotatable bonds is 5. The van der Waals surface area contributed by atoms with Crippen molar-refractivity contribution < 1.29 is 24.0 Å². The molecule has 0 saturated heterocycles. The van der Waals surface area contributed by atoms with Gasteiger partial charge in [-0.25, -0.2) is 4.79 Å². The van der Waals surface area contributed by atoms with Crippen LogP contribution in [0.15, 0.2) is 12.1 Å². The predicted molar refractivity (Wildman–Crippen MR) is 65.6 cm³/mol. The van der Waals surface area contributed by atoms with Gasteiger partial charge in [-0.1, -0.05) is 11.6 Å². The van der Waals surface area contributed by atoms with Crippen LogP contribution in [0.4, 0.5) is 5.69 Å². The molecule has 0 aliphatic rings. The summed E-state index contributed by atoms with van der Waals surface area (Å²) in [6.45, 7) is 1.37. The molecule has 1 unspecified atom stereocenters. The average Bonchev–Trinajstić information content (AvgIpc) is 2.37. The van der Waals surface area contributed by atoms with E-state index in [0.29, 0.717) is 6.29 Å². The van der Waals surface area contributed by atoms with Gasteiger partial charge in [-0.05, 0) is 6.92 Å². The molecule has 0 spiro atoms. The second-order valence-corrected chi connectivity index (χ2v) is 3.91. The lowest BCUT2D eigenvalue weighted by atomic mass is 10.2. The summed E-state index contributed by atoms with van der Waals surface area (Å²) in [4.78, 5) is 32.0. The number of methoxy groups -OCH3 is 1. The molecule has 0 bridgehead atoms. The minimum atomic E-state index is -1.04. The molecule has 7 nitrogen and oxygen atoms in total. The maximum absolute atomic E-state index is 11.2. The van der Waals surface area contributed by atoms with Gasteiger partial charge in [0.2, 0.25) is 0 Å². The summed E-state index contributed by atoms with van der Waals surface area (Å²) < 4.78 is 9.56. The van der Waals surface area contributed by atoms with Crippen LogP contribution in [0.3, 0.4) is 0 Å². The van der Waals surface area contributed by atoms with Crippen molar-refractivity contribution >= 4 is 29.5 Å². The molecule has 0 heterocycles. The number of nitro benzene ring substituents is 1. The van der Waals surface area contributed by atoms with Crippen LogP contribution in [-0.2, 0) is 9.53 Å². The lowest BCUT2D eigenvalue weighted by Crippen LogP contribution is -2.25. The molecule has 0 aliphatic carbocycles. The van der Waals surface area contributed by atoms with Crippen molar-refractivity contribution in [2.45, 2.75) is 13.0 Å². The third-order valence-electron chi connectivity index (χ3n) is 2.24. The Balaban J connectivity index is 3.19. The minimum absolute atomic E-state index is 0.00679. The van der Waals surface area contributed by atoms with Crippen molar-refractivity contribution in [2.24, 2.45) is 0 Å². The summed E-state index contributed by atoms with van der Waals surface area (Å²) in [7, 11) is 1.17. The zero-order chi connectivity index (χ0) is 14.6. The van der Waals surface area contributed by atoms with Gasteiger partial charge >= 0.3 is 11.7 Å². The molecular weight excluding hydrogens is 278 g/mol. The third kappa shape index (κ3) is 3.41. The molecule has 8 heteroatoms. The van der Waals surface area contributed by atoms with E-state index in [0.717, 1.165) is 12.1 Å².